The fourth-order valence-corrected chi connectivity index (χ4v) is 1.47. The van der Waals surface area contributed by atoms with Gasteiger partial charge in [0.05, 0.1) is 17.7 Å². The van der Waals surface area contributed by atoms with E-state index in [1.807, 2.05) is 34.6 Å². The van der Waals surface area contributed by atoms with E-state index in [9.17, 15) is 9.59 Å². The molecule has 0 bridgehead atoms. The van der Waals surface area contributed by atoms with Crippen molar-refractivity contribution in [2.45, 2.75) is 40.7 Å². The van der Waals surface area contributed by atoms with Crippen molar-refractivity contribution in [2.24, 2.45) is 11.8 Å². The molecule has 116 valence electrons. The summed E-state index contributed by atoms with van der Waals surface area (Å²) in [5.74, 6) is -0.327. The number of benzene rings is 1. The van der Waals surface area contributed by atoms with Crippen LogP contribution < -0.4 is 0 Å². The van der Waals surface area contributed by atoms with Crippen LogP contribution in [0.1, 0.15) is 55.3 Å². The highest BCUT2D eigenvalue weighted by Crippen LogP contribution is 2.12. The van der Waals surface area contributed by atoms with Gasteiger partial charge in [-0.2, -0.15) is 0 Å². The zero-order valence-electron chi connectivity index (χ0n) is 13.4. The lowest BCUT2D eigenvalue weighted by molar-refractivity contribution is 0.0238. The number of hydrogen-bond donors (Lipinski definition) is 0. The van der Waals surface area contributed by atoms with E-state index in [4.69, 9.17) is 9.47 Å². The van der Waals surface area contributed by atoms with E-state index in [1.165, 1.54) is 6.07 Å². The fourth-order valence-electron chi connectivity index (χ4n) is 1.47. The molecule has 0 aliphatic rings. The zero-order chi connectivity index (χ0) is 16.0. The summed E-state index contributed by atoms with van der Waals surface area (Å²) in [6, 6.07) is 6.43. The fraction of sp³-hybridized carbons (Fsp3) is 0.529. The summed E-state index contributed by atoms with van der Waals surface area (Å²) in [7, 11) is 0. The van der Waals surface area contributed by atoms with E-state index in [0.29, 0.717) is 17.7 Å². The van der Waals surface area contributed by atoms with Gasteiger partial charge in [0.1, 0.15) is 6.10 Å². The first-order valence-electron chi connectivity index (χ1n) is 7.29. The molecule has 1 atom stereocenters. The van der Waals surface area contributed by atoms with Gasteiger partial charge in [0.15, 0.2) is 0 Å². The van der Waals surface area contributed by atoms with Crippen LogP contribution in [-0.4, -0.2) is 24.6 Å². The number of rotatable bonds is 6. The Morgan fingerprint density at radius 1 is 1.00 bits per heavy atom. The first-order chi connectivity index (χ1) is 9.81. The molecule has 1 unspecified atom stereocenters. The molecule has 0 radical (unpaired) electrons. The van der Waals surface area contributed by atoms with Gasteiger partial charge in [-0.05, 0) is 37.0 Å². The van der Waals surface area contributed by atoms with E-state index >= 15 is 0 Å². The minimum absolute atomic E-state index is 0.172. The van der Waals surface area contributed by atoms with Crippen LogP contribution in [0.15, 0.2) is 24.3 Å². The second-order valence-electron chi connectivity index (χ2n) is 5.93. The summed E-state index contributed by atoms with van der Waals surface area (Å²) in [6.45, 7) is 10.1. The Bertz CT molecular complexity index is 491. The molecule has 0 aliphatic heterocycles. The summed E-state index contributed by atoms with van der Waals surface area (Å²) in [5.41, 5.74) is 0.726. The van der Waals surface area contributed by atoms with Crippen molar-refractivity contribution < 1.29 is 19.1 Å². The predicted molar refractivity (Wildman–Crippen MR) is 81.3 cm³/mol. The highest BCUT2D eigenvalue weighted by molar-refractivity contribution is 5.95. The topological polar surface area (TPSA) is 52.6 Å². The van der Waals surface area contributed by atoms with Gasteiger partial charge in [0.25, 0.3) is 0 Å². The number of esters is 2. The quantitative estimate of drug-likeness (QED) is 0.750. The lowest BCUT2D eigenvalue weighted by Crippen LogP contribution is -2.20. The second-order valence-corrected chi connectivity index (χ2v) is 5.93. The van der Waals surface area contributed by atoms with Crippen molar-refractivity contribution in [1.82, 2.24) is 0 Å². The molecule has 0 aromatic heterocycles. The molecule has 21 heavy (non-hydrogen) atoms. The van der Waals surface area contributed by atoms with Crippen LogP contribution in [0, 0.1) is 11.8 Å². The van der Waals surface area contributed by atoms with E-state index in [1.54, 1.807) is 18.2 Å². The van der Waals surface area contributed by atoms with Crippen LogP contribution >= 0.6 is 0 Å². The Hall–Kier alpha value is -1.84. The summed E-state index contributed by atoms with van der Waals surface area (Å²) >= 11 is 0. The van der Waals surface area contributed by atoms with Gasteiger partial charge in [0.2, 0.25) is 0 Å². The average molecular weight is 292 g/mol. The van der Waals surface area contributed by atoms with E-state index in [0.717, 1.165) is 0 Å². The molecule has 0 saturated carbocycles. The molecule has 0 heterocycles. The standard InChI is InChI=1S/C17H24O4/c1-11(2)10-20-16(18)14-7-6-8-15(9-14)17(19)21-13(5)12(3)4/h6-9,11-13H,10H2,1-5H3. The highest BCUT2D eigenvalue weighted by Gasteiger charge is 2.16. The lowest BCUT2D eigenvalue weighted by atomic mass is 10.1. The number of carbonyl (C=O) groups excluding carboxylic acids is 2. The molecule has 0 aliphatic carbocycles. The minimum Gasteiger partial charge on any atom is -0.462 e. The molecule has 1 aromatic rings. The van der Waals surface area contributed by atoms with Gasteiger partial charge < -0.3 is 9.47 Å². The van der Waals surface area contributed by atoms with Gasteiger partial charge in [-0.15, -0.1) is 0 Å². The summed E-state index contributed by atoms with van der Waals surface area (Å²) in [4.78, 5) is 23.9. The monoisotopic (exact) mass is 292 g/mol. The van der Waals surface area contributed by atoms with Gasteiger partial charge in [-0.1, -0.05) is 33.8 Å². The molecule has 0 fully saturated rings. The molecule has 1 aromatic carbocycles. The van der Waals surface area contributed by atoms with Crippen LogP contribution in [0.3, 0.4) is 0 Å². The Morgan fingerprint density at radius 3 is 2.10 bits per heavy atom. The van der Waals surface area contributed by atoms with Crippen LogP contribution in [0.4, 0.5) is 0 Å². The smallest absolute Gasteiger partial charge is 0.338 e. The molecular formula is C17H24O4. The number of carbonyl (C=O) groups is 2. The van der Waals surface area contributed by atoms with E-state index in [-0.39, 0.29) is 17.9 Å². The predicted octanol–water partition coefficient (Wildman–Crippen LogP) is 3.70. The first-order valence-corrected chi connectivity index (χ1v) is 7.29. The third kappa shape index (κ3) is 5.58. The normalized spacial score (nSPS) is 12.3. The van der Waals surface area contributed by atoms with Crippen LogP contribution in [0.2, 0.25) is 0 Å². The summed E-state index contributed by atoms with van der Waals surface area (Å²) in [6.07, 6.45) is -0.172. The van der Waals surface area contributed by atoms with Crippen molar-refractivity contribution in [3.8, 4) is 0 Å². The van der Waals surface area contributed by atoms with Crippen LogP contribution in [0.25, 0.3) is 0 Å². The molecule has 1 rings (SSSR count). The third-order valence-electron chi connectivity index (χ3n) is 3.11. The molecule has 4 heteroatoms. The van der Waals surface area contributed by atoms with Gasteiger partial charge in [0, 0.05) is 0 Å². The van der Waals surface area contributed by atoms with Crippen LogP contribution in [-0.2, 0) is 9.47 Å². The van der Waals surface area contributed by atoms with Crippen molar-refractivity contribution in [2.75, 3.05) is 6.61 Å². The Labute approximate surface area is 126 Å². The summed E-state index contributed by atoms with van der Waals surface area (Å²) < 4.78 is 10.5. The molecule has 0 N–H and O–H groups in total. The lowest BCUT2D eigenvalue weighted by Gasteiger charge is -2.16. The molecule has 0 amide bonds. The van der Waals surface area contributed by atoms with Crippen molar-refractivity contribution in [3.63, 3.8) is 0 Å². The van der Waals surface area contributed by atoms with Crippen molar-refractivity contribution in [1.29, 1.82) is 0 Å². The van der Waals surface area contributed by atoms with Crippen molar-refractivity contribution >= 4 is 11.9 Å². The Balaban J connectivity index is 2.76. The number of hydrogen-bond acceptors (Lipinski definition) is 4. The largest absolute Gasteiger partial charge is 0.462 e. The molecule has 4 nitrogen and oxygen atoms in total. The van der Waals surface area contributed by atoms with Gasteiger partial charge in [-0.25, -0.2) is 9.59 Å². The summed E-state index contributed by atoms with van der Waals surface area (Å²) in [5, 5.41) is 0. The maximum absolute atomic E-state index is 12.0. The minimum atomic E-state index is -0.422. The third-order valence-corrected chi connectivity index (χ3v) is 3.11. The Kier molecular flexibility index (Phi) is 6.40. The maximum atomic E-state index is 12.0. The van der Waals surface area contributed by atoms with Gasteiger partial charge >= 0.3 is 11.9 Å². The number of ether oxygens (including phenoxy) is 2. The average Bonchev–Trinajstić information content (AvgIpc) is 2.44. The van der Waals surface area contributed by atoms with Crippen LogP contribution in [0.5, 0.6) is 0 Å². The molecule has 0 saturated heterocycles. The van der Waals surface area contributed by atoms with E-state index < -0.39 is 11.9 Å². The second kappa shape index (κ2) is 7.81. The van der Waals surface area contributed by atoms with Crippen molar-refractivity contribution in [3.05, 3.63) is 35.4 Å². The van der Waals surface area contributed by atoms with E-state index in [2.05, 4.69) is 0 Å². The van der Waals surface area contributed by atoms with Gasteiger partial charge in [-0.3, -0.25) is 0 Å². The maximum Gasteiger partial charge on any atom is 0.338 e. The molecule has 0 spiro atoms. The molecular weight excluding hydrogens is 268 g/mol. The highest BCUT2D eigenvalue weighted by atomic mass is 16.5. The SMILES string of the molecule is CC(C)COC(=O)c1cccc(C(=O)OC(C)C(C)C)c1. The Morgan fingerprint density at radius 2 is 1.57 bits per heavy atom. The first kappa shape index (κ1) is 17.2. The zero-order valence-corrected chi connectivity index (χ0v) is 13.4.